The summed E-state index contributed by atoms with van der Waals surface area (Å²) in [6, 6.07) is 23.3. The summed E-state index contributed by atoms with van der Waals surface area (Å²) >= 11 is 0. The summed E-state index contributed by atoms with van der Waals surface area (Å²) in [4.78, 5) is 12.5. The van der Waals surface area contributed by atoms with Crippen molar-refractivity contribution in [1.29, 1.82) is 0 Å². The molecule has 0 aliphatic rings. The second-order valence-corrected chi connectivity index (χ2v) is 5.04. The van der Waals surface area contributed by atoms with Gasteiger partial charge in [-0.25, -0.2) is 0 Å². The van der Waals surface area contributed by atoms with E-state index in [1.54, 1.807) is 24.3 Å². The van der Waals surface area contributed by atoms with E-state index in [0.717, 1.165) is 5.56 Å². The second kappa shape index (κ2) is 6.64. The molecule has 0 unspecified atom stereocenters. The fourth-order valence-electron chi connectivity index (χ4n) is 2.19. The Morgan fingerprint density at radius 1 is 0.739 bits per heavy atom. The molecule has 0 fully saturated rings. The van der Waals surface area contributed by atoms with Crippen LogP contribution < -0.4 is 0 Å². The van der Waals surface area contributed by atoms with Crippen LogP contribution in [0.15, 0.2) is 78.9 Å². The molecule has 0 amide bonds. The number of ketones is 1. The molecule has 2 heteroatoms. The molecule has 23 heavy (non-hydrogen) atoms. The zero-order valence-corrected chi connectivity index (χ0v) is 12.4. The minimum absolute atomic E-state index is 0.0676. The summed E-state index contributed by atoms with van der Waals surface area (Å²) in [5.74, 6) is 5.89. The highest BCUT2D eigenvalue weighted by Crippen LogP contribution is 2.19. The quantitative estimate of drug-likeness (QED) is 0.573. The van der Waals surface area contributed by atoms with E-state index in [1.807, 2.05) is 48.5 Å². The maximum Gasteiger partial charge on any atom is 0.193 e. The number of hydrogen-bond acceptors (Lipinski definition) is 2. The SMILES string of the molecule is O=C(c1ccccc1)c1ccc(O)c(C#Cc2ccccc2)c1. The third-order valence-corrected chi connectivity index (χ3v) is 3.41. The Morgan fingerprint density at radius 3 is 2.09 bits per heavy atom. The molecule has 0 heterocycles. The van der Waals surface area contributed by atoms with E-state index in [-0.39, 0.29) is 11.5 Å². The molecule has 0 spiro atoms. The van der Waals surface area contributed by atoms with Crippen molar-refractivity contribution in [3.63, 3.8) is 0 Å². The van der Waals surface area contributed by atoms with Gasteiger partial charge in [0.2, 0.25) is 0 Å². The zero-order chi connectivity index (χ0) is 16.1. The standard InChI is InChI=1S/C21H14O2/c22-20-14-13-19(21(23)17-9-5-2-6-10-17)15-18(20)12-11-16-7-3-1-4-8-16/h1-10,13-15,22H. The van der Waals surface area contributed by atoms with Gasteiger partial charge in [0.1, 0.15) is 5.75 Å². The Balaban J connectivity index is 1.94. The Labute approximate surface area is 135 Å². The highest BCUT2D eigenvalue weighted by molar-refractivity contribution is 6.09. The van der Waals surface area contributed by atoms with Crippen LogP contribution in [0.3, 0.4) is 0 Å². The Hall–Kier alpha value is -3.31. The molecule has 0 saturated heterocycles. The first kappa shape index (κ1) is 14.6. The van der Waals surface area contributed by atoms with Gasteiger partial charge in [0.05, 0.1) is 5.56 Å². The number of phenols is 1. The largest absolute Gasteiger partial charge is 0.507 e. The minimum atomic E-state index is -0.0895. The number of rotatable bonds is 2. The van der Waals surface area contributed by atoms with Crippen molar-refractivity contribution in [2.24, 2.45) is 0 Å². The maximum atomic E-state index is 12.5. The first-order valence-electron chi connectivity index (χ1n) is 7.24. The molecular weight excluding hydrogens is 284 g/mol. The smallest absolute Gasteiger partial charge is 0.193 e. The highest BCUT2D eigenvalue weighted by Gasteiger charge is 2.10. The van der Waals surface area contributed by atoms with Crippen LogP contribution in [0, 0.1) is 11.8 Å². The second-order valence-electron chi connectivity index (χ2n) is 5.04. The average Bonchev–Trinajstić information content (AvgIpc) is 2.62. The molecule has 2 nitrogen and oxygen atoms in total. The number of phenolic OH excluding ortho intramolecular Hbond substituents is 1. The van der Waals surface area contributed by atoms with Gasteiger partial charge in [-0.05, 0) is 30.3 Å². The number of benzene rings is 3. The molecule has 0 saturated carbocycles. The topological polar surface area (TPSA) is 37.3 Å². The van der Waals surface area contributed by atoms with Gasteiger partial charge >= 0.3 is 0 Å². The number of hydrogen-bond donors (Lipinski definition) is 1. The molecule has 0 radical (unpaired) electrons. The Kier molecular flexibility index (Phi) is 4.22. The van der Waals surface area contributed by atoms with Crippen LogP contribution in [0.4, 0.5) is 0 Å². The van der Waals surface area contributed by atoms with Crippen molar-refractivity contribution in [2.45, 2.75) is 0 Å². The van der Waals surface area contributed by atoms with Crippen molar-refractivity contribution in [3.8, 4) is 17.6 Å². The van der Waals surface area contributed by atoms with E-state index >= 15 is 0 Å². The lowest BCUT2D eigenvalue weighted by Gasteiger charge is -2.03. The van der Waals surface area contributed by atoms with Crippen LogP contribution >= 0.6 is 0 Å². The van der Waals surface area contributed by atoms with E-state index in [1.165, 1.54) is 6.07 Å². The minimum Gasteiger partial charge on any atom is -0.507 e. The van der Waals surface area contributed by atoms with Gasteiger partial charge in [-0.2, -0.15) is 0 Å². The van der Waals surface area contributed by atoms with Crippen LogP contribution in [0.1, 0.15) is 27.0 Å². The number of carbonyl (C=O) groups is 1. The summed E-state index contributed by atoms with van der Waals surface area (Å²) < 4.78 is 0. The van der Waals surface area contributed by atoms with Crippen molar-refractivity contribution in [1.82, 2.24) is 0 Å². The summed E-state index contributed by atoms with van der Waals surface area (Å²) in [7, 11) is 0. The summed E-state index contributed by atoms with van der Waals surface area (Å²) in [6.45, 7) is 0. The van der Waals surface area contributed by atoms with Crippen molar-refractivity contribution in [3.05, 3.63) is 101 Å². The van der Waals surface area contributed by atoms with E-state index in [2.05, 4.69) is 11.8 Å². The fourth-order valence-corrected chi connectivity index (χ4v) is 2.19. The fraction of sp³-hybridized carbons (Fsp3) is 0. The van der Waals surface area contributed by atoms with Crippen molar-refractivity contribution in [2.75, 3.05) is 0 Å². The van der Waals surface area contributed by atoms with Gasteiger partial charge in [0.25, 0.3) is 0 Å². The molecule has 0 aromatic heterocycles. The van der Waals surface area contributed by atoms with Crippen LogP contribution in [0.5, 0.6) is 5.75 Å². The van der Waals surface area contributed by atoms with Gasteiger partial charge in [0.15, 0.2) is 5.78 Å². The Bertz CT molecular complexity index is 885. The van der Waals surface area contributed by atoms with E-state index < -0.39 is 0 Å². The summed E-state index contributed by atoms with van der Waals surface area (Å²) in [5.41, 5.74) is 2.41. The summed E-state index contributed by atoms with van der Waals surface area (Å²) in [5, 5.41) is 9.95. The Morgan fingerprint density at radius 2 is 1.39 bits per heavy atom. The van der Waals surface area contributed by atoms with E-state index in [4.69, 9.17) is 0 Å². The average molecular weight is 298 g/mol. The van der Waals surface area contributed by atoms with Crippen LogP contribution in [-0.2, 0) is 0 Å². The molecule has 3 aromatic rings. The molecule has 0 bridgehead atoms. The van der Waals surface area contributed by atoms with Gasteiger partial charge in [-0.15, -0.1) is 0 Å². The predicted octanol–water partition coefficient (Wildman–Crippen LogP) is 4.02. The summed E-state index contributed by atoms with van der Waals surface area (Å²) in [6.07, 6.45) is 0. The molecule has 0 aliphatic carbocycles. The molecule has 0 atom stereocenters. The molecule has 110 valence electrons. The lowest BCUT2D eigenvalue weighted by Crippen LogP contribution is -2.01. The maximum absolute atomic E-state index is 12.5. The molecular formula is C21H14O2. The first-order valence-corrected chi connectivity index (χ1v) is 7.24. The third-order valence-electron chi connectivity index (χ3n) is 3.41. The van der Waals surface area contributed by atoms with Gasteiger partial charge in [0, 0.05) is 16.7 Å². The molecule has 3 rings (SSSR count). The zero-order valence-electron chi connectivity index (χ0n) is 12.4. The first-order chi connectivity index (χ1) is 11.2. The van der Waals surface area contributed by atoms with Crippen LogP contribution in [0.2, 0.25) is 0 Å². The van der Waals surface area contributed by atoms with Gasteiger partial charge in [-0.1, -0.05) is 60.4 Å². The number of aromatic hydroxyl groups is 1. The number of carbonyl (C=O) groups excluding carboxylic acids is 1. The highest BCUT2D eigenvalue weighted by atomic mass is 16.3. The lowest BCUT2D eigenvalue weighted by atomic mass is 10.0. The van der Waals surface area contributed by atoms with E-state index in [9.17, 15) is 9.90 Å². The van der Waals surface area contributed by atoms with Crippen LogP contribution in [-0.4, -0.2) is 10.9 Å². The third kappa shape index (κ3) is 3.48. The molecule has 1 N–H and O–H groups in total. The molecule has 0 aliphatic heterocycles. The van der Waals surface area contributed by atoms with Gasteiger partial charge < -0.3 is 5.11 Å². The molecule has 3 aromatic carbocycles. The van der Waals surface area contributed by atoms with Crippen molar-refractivity contribution >= 4 is 5.78 Å². The van der Waals surface area contributed by atoms with E-state index in [0.29, 0.717) is 16.7 Å². The predicted molar refractivity (Wildman–Crippen MR) is 90.4 cm³/mol. The normalized spacial score (nSPS) is 9.74. The van der Waals surface area contributed by atoms with Crippen LogP contribution in [0.25, 0.3) is 0 Å². The van der Waals surface area contributed by atoms with Crippen molar-refractivity contribution < 1.29 is 9.90 Å². The van der Waals surface area contributed by atoms with Gasteiger partial charge in [-0.3, -0.25) is 4.79 Å². The monoisotopic (exact) mass is 298 g/mol. The lowest BCUT2D eigenvalue weighted by molar-refractivity contribution is 0.103.